The molecule has 2 rings (SSSR count). The van der Waals surface area contributed by atoms with Crippen molar-refractivity contribution >= 4 is 23.2 Å². The summed E-state index contributed by atoms with van der Waals surface area (Å²) in [4.78, 5) is 31.5. The van der Waals surface area contributed by atoms with Gasteiger partial charge in [0.25, 0.3) is 17.5 Å². The first-order valence-corrected chi connectivity index (χ1v) is 7.14. The molecule has 0 aromatic heterocycles. The second kappa shape index (κ2) is 10.8. The topological polar surface area (TPSA) is 127 Å². The minimum atomic E-state index is -0.904. The van der Waals surface area contributed by atoms with Gasteiger partial charge in [-0.3, -0.25) is 19.7 Å². The summed E-state index contributed by atoms with van der Waals surface area (Å²) in [7, 11) is 2.79. The van der Waals surface area contributed by atoms with Crippen molar-refractivity contribution < 1.29 is 40.4 Å². The molecule has 4 N–H and O–H groups in total. The van der Waals surface area contributed by atoms with Gasteiger partial charge in [-0.05, 0) is 24.3 Å². The Bertz CT molecular complexity index is 849. The van der Waals surface area contributed by atoms with Crippen LogP contribution >= 0.6 is 0 Å². The van der Waals surface area contributed by atoms with Crippen molar-refractivity contribution in [1.82, 2.24) is 10.6 Å². The Balaban J connectivity index is 0.000000488. The molecule has 2 aromatic carbocycles. The molecule has 0 atom stereocenters. The molecule has 8 nitrogen and oxygen atoms in total. The van der Waals surface area contributed by atoms with E-state index < -0.39 is 28.4 Å². The first-order valence-electron chi connectivity index (χ1n) is 7.14. The molecular weight excluding hydrogens is 406 g/mol. The number of nitro benzene ring substituents is 1. The standard InChI is InChI=1S/C8H7FN2O3.C8H9FN2O.Fe/c1-10-8(12)6-3-2-5(11(13)14)4-7(6)9;1-11-8(12)6-3-2-5(10)4-7(6)9;/h2-4H,1H3,(H,10,12);2-4H,10H2,1H3,(H,11,12);. The number of nitrogens with zero attached hydrogens (tertiary/aromatic N) is 1. The summed E-state index contributed by atoms with van der Waals surface area (Å²) in [6, 6.07) is 6.81. The van der Waals surface area contributed by atoms with E-state index in [2.05, 4.69) is 10.6 Å². The Morgan fingerprint density at radius 1 is 0.963 bits per heavy atom. The molecule has 0 heterocycles. The number of hydrogen-bond acceptors (Lipinski definition) is 5. The van der Waals surface area contributed by atoms with Gasteiger partial charge >= 0.3 is 0 Å². The van der Waals surface area contributed by atoms with Crippen molar-refractivity contribution in [1.29, 1.82) is 0 Å². The average molecular weight is 422 g/mol. The van der Waals surface area contributed by atoms with E-state index in [0.29, 0.717) is 11.8 Å². The average Bonchev–Trinajstić information content (AvgIpc) is 2.60. The number of nitrogens with one attached hydrogen (secondary N) is 2. The number of hydrogen-bond donors (Lipinski definition) is 3. The van der Waals surface area contributed by atoms with Crippen LogP contribution in [0.15, 0.2) is 36.4 Å². The molecule has 2 amide bonds. The molecule has 0 saturated carbocycles. The molecule has 27 heavy (non-hydrogen) atoms. The predicted molar refractivity (Wildman–Crippen MR) is 90.6 cm³/mol. The first-order chi connectivity index (χ1) is 12.2. The third-order valence-corrected chi connectivity index (χ3v) is 3.10. The van der Waals surface area contributed by atoms with E-state index >= 15 is 0 Å². The van der Waals surface area contributed by atoms with E-state index in [0.717, 1.165) is 18.2 Å². The minimum absolute atomic E-state index is 0. The Morgan fingerprint density at radius 2 is 1.41 bits per heavy atom. The van der Waals surface area contributed by atoms with Crippen LogP contribution in [0.5, 0.6) is 0 Å². The van der Waals surface area contributed by atoms with Crippen molar-refractivity contribution in [2.75, 3.05) is 19.8 Å². The van der Waals surface area contributed by atoms with Gasteiger partial charge in [0.05, 0.1) is 22.1 Å². The number of anilines is 1. The number of nitrogens with two attached hydrogens (primary N) is 1. The quantitative estimate of drug-likeness (QED) is 0.301. The van der Waals surface area contributed by atoms with Gasteiger partial charge in [0, 0.05) is 42.9 Å². The number of nitrogen functional groups attached to an aromatic ring is 1. The smallest absolute Gasteiger partial charge is 0.272 e. The maximum Gasteiger partial charge on any atom is 0.272 e. The summed E-state index contributed by atoms with van der Waals surface area (Å²) in [5.41, 5.74) is 5.02. The Hall–Kier alpha value is -3.04. The van der Waals surface area contributed by atoms with Crippen LogP contribution in [0.25, 0.3) is 0 Å². The van der Waals surface area contributed by atoms with E-state index in [1.807, 2.05) is 0 Å². The molecule has 0 spiro atoms. The van der Waals surface area contributed by atoms with Crippen LogP contribution in [-0.4, -0.2) is 30.8 Å². The molecule has 0 fully saturated rings. The van der Waals surface area contributed by atoms with E-state index in [1.165, 1.54) is 26.2 Å². The molecule has 0 radical (unpaired) electrons. The molecule has 0 bridgehead atoms. The number of amides is 2. The molecule has 146 valence electrons. The van der Waals surface area contributed by atoms with Crippen molar-refractivity contribution in [3.05, 3.63) is 69.3 Å². The van der Waals surface area contributed by atoms with E-state index in [-0.39, 0.29) is 33.9 Å². The number of benzene rings is 2. The molecule has 0 aliphatic heterocycles. The number of nitro groups is 1. The Labute approximate surface area is 163 Å². The molecular formula is C16H16F2FeN4O4. The van der Waals surface area contributed by atoms with Gasteiger partial charge in [-0.2, -0.15) is 0 Å². The summed E-state index contributed by atoms with van der Waals surface area (Å²) in [6.07, 6.45) is 0. The maximum absolute atomic E-state index is 13.1. The van der Waals surface area contributed by atoms with Gasteiger partial charge < -0.3 is 16.4 Å². The van der Waals surface area contributed by atoms with Crippen LogP contribution in [0.1, 0.15) is 20.7 Å². The minimum Gasteiger partial charge on any atom is -0.399 e. The zero-order valence-electron chi connectivity index (χ0n) is 14.2. The van der Waals surface area contributed by atoms with Crippen LogP contribution < -0.4 is 16.4 Å². The fourth-order valence-corrected chi connectivity index (χ4v) is 1.79. The summed E-state index contributed by atoms with van der Waals surface area (Å²) in [5, 5.41) is 14.8. The molecule has 0 unspecified atom stereocenters. The zero-order chi connectivity index (χ0) is 19.9. The maximum atomic E-state index is 13.1. The monoisotopic (exact) mass is 422 g/mol. The summed E-state index contributed by atoms with van der Waals surface area (Å²) in [5.74, 6) is -2.57. The molecule has 2 aromatic rings. The van der Waals surface area contributed by atoms with Gasteiger partial charge in [0.15, 0.2) is 0 Å². The van der Waals surface area contributed by atoms with Gasteiger partial charge in [0.1, 0.15) is 11.6 Å². The zero-order valence-corrected chi connectivity index (χ0v) is 15.3. The van der Waals surface area contributed by atoms with Gasteiger partial charge in [0.2, 0.25) is 0 Å². The normalized spacial score (nSPS) is 9.19. The summed E-state index contributed by atoms with van der Waals surface area (Å²) < 4.78 is 26.0. The van der Waals surface area contributed by atoms with Gasteiger partial charge in [-0.15, -0.1) is 0 Å². The van der Waals surface area contributed by atoms with Crippen molar-refractivity contribution in [2.45, 2.75) is 0 Å². The number of non-ortho nitro benzene ring substituents is 1. The van der Waals surface area contributed by atoms with Crippen molar-refractivity contribution in [3.63, 3.8) is 0 Å². The summed E-state index contributed by atoms with van der Waals surface area (Å²) in [6.45, 7) is 0. The fourth-order valence-electron chi connectivity index (χ4n) is 1.79. The summed E-state index contributed by atoms with van der Waals surface area (Å²) >= 11 is 0. The van der Waals surface area contributed by atoms with Crippen molar-refractivity contribution in [3.8, 4) is 0 Å². The number of halogens is 2. The van der Waals surface area contributed by atoms with Gasteiger partial charge in [-0.25, -0.2) is 8.78 Å². The van der Waals surface area contributed by atoms with E-state index in [9.17, 15) is 28.5 Å². The number of rotatable bonds is 3. The van der Waals surface area contributed by atoms with Crippen LogP contribution in [0.4, 0.5) is 20.2 Å². The largest absolute Gasteiger partial charge is 0.399 e. The van der Waals surface area contributed by atoms with Crippen LogP contribution in [0.3, 0.4) is 0 Å². The van der Waals surface area contributed by atoms with Crippen LogP contribution in [-0.2, 0) is 17.1 Å². The SMILES string of the molecule is CNC(=O)c1ccc(N)cc1F.CNC(=O)c1ccc([N+](=O)[O-])cc1F.[Fe]. The number of carbonyl (C=O) groups excluding carboxylic acids is 2. The first kappa shape index (κ1) is 24.0. The third kappa shape index (κ3) is 6.65. The predicted octanol–water partition coefficient (Wildman–Crippen LogP) is 1.86. The van der Waals surface area contributed by atoms with E-state index in [4.69, 9.17) is 5.73 Å². The fraction of sp³-hybridized carbons (Fsp3) is 0.125. The van der Waals surface area contributed by atoms with Crippen LogP contribution in [0, 0.1) is 21.7 Å². The Kier molecular flexibility index (Phi) is 9.62. The second-order valence-electron chi connectivity index (χ2n) is 4.82. The molecule has 0 saturated heterocycles. The van der Waals surface area contributed by atoms with Crippen LogP contribution in [0.2, 0.25) is 0 Å². The van der Waals surface area contributed by atoms with Gasteiger partial charge in [-0.1, -0.05) is 0 Å². The molecule has 0 aliphatic carbocycles. The molecule has 11 heteroatoms. The second-order valence-corrected chi connectivity index (χ2v) is 4.82. The third-order valence-electron chi connectivity index (χ3n) is 3.10. The van der Waals surface area contributed by atoms with Crippen molar-refractivity contribution in [2.24, 2.45) is 0 Å². The Morgan fingerprint density at radius 3 is 1.78 bits per heavy atom. The van der Waals surface area contributed by atoms with E-state index in [1.54, 1.807) is 0 Å². The number of carbonyl (C=O) groups is 2. The molecule has 0 aliphatic rings.